The molecule has 0 heterocycles. The van der Waals surface area contributed by atoms with E-state index in [0.717, 1.165) is 23.1 Å². The van der Waals surface area contributed by atoms with Crippen molar-refractivity contribution >= 4 is 10.1 Å². The largest absolute Gasteiger partial charge is 0.488 e. The van der Waals surface area contributed by atoms with Gasteiger partial charge in [0.05, 0.1) is 6.26 Å². The Bertz CT molecular complexity index is 459. The van der Waals surface area contributed by atoms with E-state index in [2.05, 4.69) is 0 Å². The molecule has 1 unspecified atom stereocenters. The molecular weight excluding hydrogens is 240 g/mol. The number of aryl methyl sites for hydroxylation is 2. The topological polar surface area (TPSA) is 52.6 Å². The highest BCUT2D eigenvalue weighted by Crippen LogP contribution is 2.23. The van der Waals surface area contributed by atoms with Crippen molar-refractivity contribution in [2.45, 2.75) is 26.9 Å². The highest BCUT2D eigenvalue weighted by atomic mass is 32.2. The molecule has 1 atom stereocenters. The van der Waals surface area contributed by atoms with Crippen molar-refractivity contribution in [3.63, 3.8) is 0 Å². The van der Waals surface area contributed by atoms with Crippen molar-refractivity contribution in [3.8, 4) is 5.75 Å². The predicted octanol–water partition coefficient (Wildman–Crippen LogP) is 2.05. The normalized spacial score (nSPS) is 13.4. The Morgan fingerprint density at radius 2 is 1.76 bits per heavy atom. The Balaban J connectivity index is 2.65. The maximum absolute atomic E-state index is 10.8. The minimum atomic E-state index is -3.41. The molecule has 17 heavy (non-hydrogen) atoms. The second-order valence-corrected chi connectivity index (χ2v) is 5.78. The molecule has 1 aromatic carbocycles. The van der Waals surface area contributed by atoms with Crippen LogP contribution in [0.5, 0.6) is 5.75 Å². The second-order valence-electron chi connectivity index (χ2n) is 4.14. The molecule has 0 N–H and O–H groups in total. The van der Waals surface area contributed by atoms with Gasteiger partial charge < -0.3 is 4.74 Å². The minimum absolute atomic E-state index is 0.0204. The zero-order valence-corrected chi connectivity index (χ0v) is 11.4. The van der Waals surface area contributed by atoms with Crippen molar-refractivity contribution in [2.24, 2.45) is 0 Å². The summed E-state index contributed by atoms with van der Waals surface area (Å²) in [6.07, 6.45) is 0.711. The lowest BCUT2D eigenvalue weighted by molar-refractivity contribution is 0.146. The Labute approximate surface area is 103 Å². The number of ether oxygens (including phenoxy) is 1. The van der Waals surface area contributed by atoms with Crippen LogP contribution in [-0.4, -0.2) is 27.4 Å². The van der Waals surface area contributed by atoms with Gasteiger partial charge in [-0.2, -0.15) is 8.42 Å². The van der Waals surface area contributed by atoms with E-state index >= 15 is 0 Å². The molecule has 0 saturated carbocycles. The third kappa shape index (κ3) is 4.75. The van der Waals surface area contributed by atoms with Crippen LogP contribution >= 0.6 is 0 Å². The van der Waals surface area contributed by atoms with E-state index < -0.39 is 10.1 Å². The molecule has 1 rings (SSSR count). The summed E-state index contributed by atoms with van der Waals surface area (Å²) in [6, 6.07) is 5.86. The van der Waals surface area contributed by atoms with E-state index in [9.17, 15) is 8.42 Å². The molecule has 1 aromatic rings. The fraction of sp³-hybridized carbons (Fsp3) is 0.500. The van der Waals surface area contributed by atoms with Gasteiger partial charge in [-0.3, -0.25) is 4.18 Å². The quantitative estimate of drug-likeness (QED) is 0.758. The van der Waals surface area contributed by atoms with Crippen LogP contribution in [-0.2, 0) is 14.3 Å². The molecule has 0 saturated heterocycles. The maximum atomic E-state index is 10.8. The maximum Gasteiger partial charge on any atom is 0.264 e. The van der Waals surface area contributed by atoms with Crippen LogP contribution in [0.1, 0.15) is 18.1 Å². The summed E-state index contributed by atoms with van der Waals surface area (Å²) >= 11 is 0. The lowest BCUT2D eigenvalue weighted by Gasteiger charge is -2.17. The first-order chi connectivity index (χ1) is 7.79. The summed E-state index contributed by atoms with van der Waals surface area (Å²) in [5.74, 6) is 0.789. The minimum Gasteiger partial charge on any atom is -0.488 e. The first-order valence-corrected chi connectivity index (χ1v) is 7.18. The molecule has 0 bridgehead atoms. The number of benzene rings is 1. The van der Waals surface area contributed by atoms with E-state index in [-0.39, 0.29) is 12.7 Å². The summed E-state index contributed by atoms with van der Waals surface area (Å²) < 4.78 is 32.1. The first-order valence-electron chi connectivity index (χ1n) is 5.37. The van der Waals surface area contributed by atoms with Crippen molar-refractivity contribution in [1.29, 1.82) is 0 Å². The SMILES string of the molecule is Cc1cccc(C)c1OC(C)COS(C)(=O)=O. The molecule has 0 radical (unpaired) electrons. The van der Waals surface area contributed by atoms with Crippen LogP contribution in [0.4, 0.5) is 0 Å². The Kier molecular flexibility index (Phi) is 4.54. The van der Waals surface area contributed by atoms with Crippen molar-refractivity contribution in [2.75, 3.05) is 12.9 Å². The molecule has 0 aliphatic carbocycles. The average Bonchev–Trinajstić information content (AvgIpc) is 2.20. The first kappa shape index (κ1) is 14.0. The van der Waals surface area contributed by atoms with Gasteiger partial charge in [0.25, 0.3) is 10.1 Å². The number of para-hydroxylation sites is 1. The van der Waals surface area contributed by atoms with Crippen LogP contribution in [0.15, 0.2) is 18.2 Å². The van der Waals surface area contributed by atoms with E-state index in [1.165, 1.54) is 0 Å². The zero-order valence-electron chi connectivity index (χ0n) is 10.6. The van der Waals surface area contributed by atoms with Crippen LogP contribution in [0.2, 0.25) is 0 Å². The third-order valence-electron chi connectivity index (χ3n) is 2.24. The van der Waals surface area contributed by atoms with Crippen molar-refractivity contribution in [3.05, 3.63) is 29.3 Å². The third-order valence-corrected chi connectivity index (χ3v) is 2.81. The number of hydrogen-bond acceptors (Lipinski definition) is 4. The molecule has 0 aromatic heterocycles. The fourth-order valence-electron chi connectivity index (χ4n) is 1.44. The summed E-state index contributed by atoms with van der Waals surface area (Å²) in [4.78, 5) is 0. The Morgan fingerprint density at radius 1 is 1.24 bits per heavy atom. The van der Waals surface area contributed by atoms with Gasteiger partial charge in [-0.15, -0.1) is 0 Å². The molecule has 5 heteroatoms. The fourth-order valence-corrected chi connectivity index (χ4v) is 1.88. The van der Waals surface area contributed by atoms with Crippen LogP contribution in [0.25, 0.3) is 0 Å². The second kappa shape index (κ2) is 5.51. The average molecular weight is 258 g/mol. The lowest BCUT2D eigenvalue weighted by atomic mass is 10.1. The zero-order chi connectivity index (χ0) is 13.1. The van der Waals surface area contributed by atoms with E-state index in [1.54, 1.807) is 6.92 Å². The van der Waals surface area contributed by atoms with E-state index in [1.807, 2.05) is 32.0 Å². The Hall–Kier alpha value is -1.07. The van der Waals surface area contributed by atoms with Gasteiger partial charge in [0.1, 0.15) is 18.5 Å². The van der Waals surface area contributed by atoms with Crippen LogP contribution < -0.4 is 4.74 Å². The lowest BCUT2D eigenvalue weighted by Crippen LogP contribution is -2.22. The molecular formula is C12H18O4S. The molecule has 0 fully saturated rings. The highest BCUT2D eigenvalue weighted by molar-refractivity contribution is 7.85. The molecule has 0 amide bonds. The number of rotatable bonds is 5. The van der Waals surface area contributed by atoms with Gasteiger partial charge in [-0.25, -0.2) is 0 Å². The molecule has 0 aliphatic rings. The summed E-state index contributed by atoms with van der Waals surface area (Å²) in [5, 5.41) is 0. The van der Waals surface area contributed by atoms with Gasteiger partial charge >= 0.3 is 0 Å². The standard InChI is InChI=1S/C12H18O4S/c1-9-6-5-7-10(2)12(9)16-11(3)8-15-17(4,13)14/h5-7,11H,8H2,1-4H3. The van der Waals surface area contributed by atoms with E-state index in [4.69, 9.17) is 8.92 Å². The van der Waals surface area contributed by atoms with Crippen LogP contribution in [0, 0.1) is 13.8 Å². The smallest absolute Gasteiger partial charge is 0.264 e. The van der Waals surface area contributed by atoms with Gasteiger partial charge in [0.2, 0.25) is 0 Å². The summed E-state index contributed by atoms with van der Waals surface area (Å²) in [5.41, 5.74) is 2.05. The van der Waals surface area contributed by atoms with Gasteiger partial charge in [-0.1, -0.05) is 18.2 Å². The molecule has 96 valence electrons. The molecule has 0 aliphatic heterocycles. The van der Waals surface area contributed by atoms with E-state index in [0.29, 0.717) is 0 Å². The summed E-state index contributed by atoms with van der Waals surface area (Å²) in [6.45, 7) is 5.70. The van der Waals surface area contributed by atoms with Crippen LogP contribution in [0.3, 0.4) is 0 Å². The summed E-state index contributed by atoms with van der Waals surface area (Å²) in [7, 11) is -3.41. The molecule has 4 nitrogen and oxygen atoms in total. The predicted molar refractivity (Wildman–Crippen MR) is 66.8 cm³/mol. The van der Waals surface area contributed by atoms with Crippen molar-refractivity contribution in [1.82, 2.24) is 0 Å². The van der Waals surface area contributed by atoms with Gasteiger partial charge in [0, 0.05) is 0 Å². The number of hydrogen-bond donors (Lipinski definition) is 0. The monoisotopic (exact) mass is 258 g/mol. The highest BCUT2D eigenvalue weighted by Gasteiger charge is 2.11. The van der Waals surface area contributed by atoms with Crippen molar-refractivity contribution < 1.29 is 17.3 Å². The van der Waals surface area contributed by atoms with Gasteiger partial charge in [-0.05, 0) is 31.9 Å². The Morgan fingerprint density at radius 3 is 2.24 bits per heavy atom. The van der Waals surface area contributed by atoms with Gasteiger partial charge in [0.15, 0.2) is 0 Å². The molecule has 0 spiro atoms.